The van der Waals surface area contributed by atoms with E-state index in [4.69, 9.17) is 17.3 Å². The molecular formula is C5H9NO. The molecule has 3 N–H and O–H groups in total. The molecule has 0 saturated heterocycles. The number of aliphatic hydroxyl groups is 1. The molecule has 2 heteroatoms. The third-order valence-corrected chi connectivity index (χ3v) is 0.584. The zero-order valence-corrected chi connectivity index (χ0v) is 4.09. The predicted octanol–water partition coefficient (Wildman–Crippen LogP) is -0.323. The van der Waals surface area contributed by atoms with Crippen LogP contribution < -0.4 is 5.73 Å². The standard InChI is InChI=1S/C5H9NO/c1-2-3-4-5(6)7/h1,5,7H,3-4,6H2. The first-order valence-corrected chi connectivity index (χ1v) is 2.14. The molecule has 0 amide bonds. The van der Waals surface area contributed by atoms with E-state index in [0.717, 1.165) is 0 Å². The summed E-state index contributed by atoms with van der Waals surface area (Å²) in [4.78, 5) is 0. The van der Waals surface area contributed by atoms with Crippen LogP contribution in [0, 0.1) is 12.3 Å². The van der Waals surface area contributed by atoms with Crippen molar-refractivity contribution in [2.45, 2.75) is 19.1 Å². The quantitative estimate of drug-likeness (QED) is 0.368. The van der Waals surface area contributed by atoms with E-state index in [1.807, 2.05) is 0 Å². The van der Waals surface area contributed by atoms with Gasteiger partial charge in [0.1, 0.15) is 6.23 Å². The predicted molar refractivity (Wildman–Crippen MR) is 28.3 cm³/mol. The van der Waals surface area contributed by atoms with Crippen molar-refractivity contribution in [1.82, 2.24) is 0 Å². The van der Waals surface area contributed by atoms with Crippen molar-refractivity contribution in [3.05, 3.63) is 0 Å². The van der Waals surface area contributed by atoms with Crippen LogP contribution in [0.2, 0.25) is 0 Å². The molecule has 0 bridgehead atoms. The van der Waals surface area contributed by atoms with Crippen molar-refractivity contribution in [3.63, 3.8) is 0 Å². The van der Waals surface area contributed by atoms with E-state index in [0.29, 0.717) is 12.8 Å². The monoisotopic (exact) mass is 99.1 g/mol. The fourth-order valence-corrected chi connectivity index (χ4v) is 0.231. The molecule has 0 saturated carbocycles. The van der Waals surface area contributed by atoms with Gasteiger partial charge >= 0.3 is 0 Å². The second kappa shape index (κ2) is 3.66. The molecule has 0 heterocycles. The normalized spacial score (nSPS) is 12.7. The van der Waals surface area contributed by atoms with Crippen LogP contribution in [0.1, 0.15) is 12.8 Å². The molecule has 0 aliphatic heterocycles. The average molecular weight is 99.1 g/mol. The zero-order chi connectivity index (χ0) is 5.70. The van der Waals surface area contributed by atoms with Crippen LogP contribution in [0.4, 0.5) is 0 Å². The first-order valence-electron chi connectivity index (χ1n) is 2.14. The Bertz CT molecular complexity index is 72.6. The van der Waals surface area contributed by atoms with E-state index in [1.54, 1.807) is 0 Å². The largest absolute Gasteiger partial charge is 0.379 e. The summed E-state index contributed by atoms with van der Waals surface area (Å²) in [6, 6.07) is 0. The molecule has 0 spiro atoms. The summed E-state index contributed by atoms with van der Waals surface area (Å²) in [5.41, 5.74) is 4.94. The number of aliphatic hydroxyl groups excluding tert-OH is 1. The molecule has 0 aliphatic rings. The van der Waals surface area contributed by atoms with Crippen LogP contribution in [0.5, 0.6) is 0 Å². The Hall–Kier alpha value is -0.520. The SMILES string of the molecule is C#CCCC(N)O. The van der Waals surface area contributed by atoms with Crippen molar-refractivity contribution in [2.24, 2.45) is 5.73 Å². The highest BCUT2D eigenvalue weighted by Gasteiger charge is 1.89. The van der Waals surface area contributed by atoms with Crippen LogP contribution in [-0.2, 0) is 0 Å². The molecule has 1 atom stereocenters. The van der Waals surface area contributed by atoms with Crippen LogP contribution in [-0.4, -0.2) is 11.3 Å². The summed E-state index contributed by atoms with van der Waals surface area (Å²) in [7, 11) is 0. The van der Waals surface area contributed by atoms with Gasteiger partial charge in [0.05, 0.1) is 0 Å². The lowest BCUT2D eigenvalue weighted by Crippen LogP contribution is -2.17. The number of terminal acetylenes is 1. The Morgan fingerprint density at radius 2 is 2.43 bits per heavy atom. The summed E-state index contributed by atoms with van der Waals surface area (Å²) in [6.07, 6.45) is 5.17. The maximum atomic E-state index is 8.37. The van der Waals surface area contributed by atoms with Crippen molar-refractivity contribution < 1.29 is 5.11 Å². The van der Waals surface area contributed by atoms with E-state index in [1.165, 1.54) is 0 Å². The van der Waals surface area contributed by atoms with Crippen molar-refractivity contribution in [2.75, 3.05) is 0 Å². The summed E-state index contributed by atoms with van der Waals surface area (Å²) >= 11 is 0. The first kappa shape index (κ1) is 6.48. The molecule has 0 fully saturated rings. The Morgan fingerprint density at radius 1 is 1.86 bits per heavy atom. The number of hydrogen-bond donors (Lipinski definition) is 2. The van der Waals surface area contributed by atoms with Crippen molar-refractivity contribution in [3.8, 4) is 12.3 Å². The molecular weight excluding hydrogens is 90.1 g/mol. The summed E-state index contributed by atoms with van der Waals surface area (Å²) in [5.74, 6) is 2.36. The minimum absolute atomic E-state index is 0.497. The molecule has 40 valence electrons. The molecule has 0 radical (unpaired) electrons. The van der Waals surface area contributed by atoms with Crippen LogP contribution in [0.25, 0.3) is 0 Å². The average Bonchev–Trinajstić information content (AvgIpc) is 1.61. The van der Waals surface area contributed by atoms with Gasteiger partial charge in [-0.3, -0.25) is 0 Å². The van der Waals surface area contributed by atoms with Crippen LogP contribution in [0.3, 0.4) is 0 Å². The van der Waals surface area contributed by atoms with Gasteiger partial charge in [-0.05, 0) is 6.42 Å². The maximum Gasteiger partial charge on any atom is 0.103 e. The Labute approximate surface area is 43.3 Å². The van der Waals surface area contributed by atoms with Gasteiger partial charge < -0.3 is 10.8 Å². The molecule has 1 unspecified atom stereocenters. The smallest absolute Gasteiger partial charge is 0.103 e. The lowest BCUT2D eigenvalue weighted by atomic mass is 10.3. The second-order valence-electron chi connectivity index (χ2n) is 1.31. The fourth-order valence-electron chi connectivity index (χ4n) is 0.231. The van der Waals surface area contributed by atoms with Gasteiger partial charge in [0.2, 0.25) is 0 Å². The van der Waals surface area contributed by atoms with Gasteiger partial charge in [-0.25, -0.2) is 0 Å². The van der Waals surface area contributed by atoms with Crippen molar-refractivity contribution in [1.29, 1.82) is 0 Å². The summed E-state index contributed by atoms with van der Waals surface area (Å²) in [6.45, 7) is 0. The van der Waals surface area contributed by atoms with Crippen molar-refractivity contribution >= 4 is 0 Å². The molecule has 0 aromatic rings. The number of hydrogen-bond acceptors (Lipinski definition) is 2. The number of nitrogens with two attached hydrogens (primary N) is 1. The van der Waals surface area contributed by atoms with Gasteiger partial charge in [-0.15, -0.1) is 12.3 Å². The fraction of sp³-hybridized carbons (Fsp3) is 0.600. The van der Waals surface area contributed by atoms with Crippen LogP contribution in [0.15, 0.2) is 0 Å². The molecule has 2 nitrogen and oxygen atoms in total. The van der Waals surface area contributed by atoms with E-state index in [-0.39, 0.29) is 0 Å². The van der Waals surface area contributed by atoms with Gasteiger partial charge in [-0.1, -0.05) is 0 Å². The van der Waals surface area contributed by atoms with E-state index in [2.05, 4.69) is 5.92 Å². The summed E-state index contributed by atoms with van der Waals surface area (Å²) < 4.78 is 0. The first-order chi connectivity index (χ1) is 3.27. The second-order valence-corrected chi connectivity index (χ2v) is 1.31. The molecule has 7 heavy (non-hydrogen) atoms. The minimum Gasteiger partial charge on any atom is -0.379 e. The van der Waals surface area contributed by atoms with Gasteiger partial charge in [0.25, 0.3) is 0 Å². The highest BCUT2D eigenvalue weighted by Crippen LogP contribution is 1.85. The Kier molecular flexibility index (Phi) is 3.39. The molecule has 0 rings (SSSR count). The molecule has 0 aliphatic carbocycles. The molecule has 0 aromatic heterocycles. The zero-order valence-electron chi connectivity index (χ0n) is 4.09. The van der Waals surface area contributed by atoms with E-state index >= 15 is 0 Å². The highest BCUT2D eigenvalue weighted by atomic mass is 16.3. The number of rotatable bonds is 2. The lowest BCUT2D eigenvalue weighted by Gasteiger charge is -1.95. The minimum atomic E-state index is -0.740. The Balaban J connectivity index is 2.86. The lowest BCUT2D eigenvalue weighted by molar-refractivity contribution is 0.174. The Morgan fingerprint density at radius 3 is 2.57 bits per heavy atom. The highest BCUT2D eigenvalue weighted by molar-refractivity contribution is 4.83. The maximum absolute atomic E-state index is 8.37. The van der Waals surface area contributed by atoms with E-state index in [9.17, 15) is 0 Å². The van der Waals surface area contributed by atoms with Gasteiger partial charge in [0, 0.05) is 6.42 Å². The van der Waals surface area contributed by atoms with Gasteiger partial charge in [0.15, 0.2) is 0 Å². The topological polar surface area (TPSA) is 46.2 Å². The third kappa shape index (κ3) is 5.48. The third-order valence-electron chi connectivity index (χ3n) is 0.584. The van der Waals surface area contributed by atoms with E-state index < -0.39 is 6.23 Å². The molecule has 0 aromatic carbocycles. The van der Waals surface area contributed by atoms with Gasteiger partial charge in [-0.2, -0.15) is 0 Å². The summed E-state index contributed by atoms with van der Waals surface area (Å²) in [5, 5.41) is 8.37. The van der Waals surface area contributed by atoms with Crippen LogP contribution >= 0.6 is 0 Å².